The molecule has 2 aromatic heterocycles. The smallest absolute Gasteiger partial charge is 0.242 e. The van der Waals surface area contributed by atoms with Crippen LogP contribution in [0.2, 0.25) is 0 Å². The summed E-state index contributed by atoms with van der Waals surface area (Å²) in [5, 5.41) is 3.16. The van der Waals surface area contributed by atoms with Crippen LogP contribution in [0.1, 0.15) is 5.69 Å². The molecular formula is C16H17N3OS. The first kappa shape index (κ1) is 14.0. The Morgan fingerprint density at radius 2 is 2.00 bits per heavy atom. The maximum atomic E-state index is 5.97. The van der Waals surface area contributed by atoms with Crippen molar-refractivity contribution in [2.45, 2.75) is 11.4 Å². The second-order valence-corrected chi connectivity index (χ2v) is 5.48. The normalized spacial score (nSPS) is 11.0. The van der Waals surface area contributed by atoms with Crippen molar-refractivity contribution in [3.63, 3.8) is 0 Å². The molecule has 0 aliphatic rings. The molecular weight excluding hydrogens is 282 g/mol. The number of aromatic nitrogens is 2. The summed E-state index contributed by atoms with van der Waals surface area (Å²) in [6, 6.07) is 14.0. The summed E-state index contributed by atoms with van der Waals surface area (Å²) in [5.41, 5.74) is 1.90. The number of fused-ring (bicyclic) bond motifs is 1. The molecule has 0 atom stereocenters. The van der Waals surface area contributed by atoms with Gasteiger partial charge in [0.05, 0.1) is 0 Å². The molecule has 4 nitrogen and oxygen atoms in total. The van der Waals surface area contributed by atoms with Crippen LogP contribution in [0, 0.1) is 0 Å². The second-order valence-electron chi connectivity index (χ2n) is 4.60. The number of ether oxygens (including phenoxy) is 1. The Hall–Kier alpha value is -1.98. The predicted molar refractivity (Wildman–Crippen MR) is 86.3 cm³/mol. The van der Waals surface area contributed by atoms with Gasteiger partial charge in [0.1, 0.15) is 17.1 Å². The maximum Gasteiger partial charge on any atom is 0.242 e. The molecule has 0 saturated heterocycles. The average molecular weight is 299 g/mol. The highest BCUT2D eigenvalue weighted by Gasteiger charge is 2.13. The van der Waals surface area contributed by atoms with Crippen LogP contribution in [0.3, 0.4) is 0 Å². The highest BCUT2D eigenvalue weighted by Crippen LogP contribution is 2.27. The minimum absolute atomic E-state index is 0.646. The van der Waals surface area contributed by atoms with Gasteiger partial charge in [0, 0.05) is 17.6 Å². The van der Waals surface area contributed by atoms with E-state index >= 15 is 0 Å². The van der Waals surface area contributed by atoms with E-state index in [2.05, 4.69) is 16.6 Å². The lowest BCUT2D eigenvalue weighted by Crippen LogP contribution is -2.08. The number of pyridine rings is 1. The van der Waals surface area contributed by atoms with E-state index in [9.17, 15) is 0 Å². The van der Waals surface area contributed by atoms with Crippen LogP contribution in [0.5, 0.6) is 11.6 Å². The molecule has 2 heterocycles. The van der Waals surface area contributed by atoms with Crippen molar-refractivity contribution in [3.8, 4) is 11.6 Å². The monoisotopic (exact) mass is 299 g/mol. The van der Waals surface area contributed by atoms with Crippen molar-refractivity contribution in [1.82, 2.24) is 14.7 Å². The highest BCUT2D eigenvalue weighted by atomic mass is 32.2. The van der Waals surface area contributed by atoms with Gasteiger partial charge in [-0.2, -0.15) is 4.98 Å². The van der Waals surface area contributed by atoms with E-state index in [4.69, 9.17) is 4.74 Å². The van der Waals surface area contributed by atoms with Gasteiger partial charge < -0.3 is 10.1 Å². The van der Waals surface area contributed by atoms with Crippen molar-refractivity contribution < 1.29 is 4.74 Å². The maximum absolute atomic E-state index is 5.97. The summed E-state index contributed by atoms with van der Waals surface area (Å²) in [7, 11) is 1.92. The van der Waals surface area contributed by atoms with Gasteiger partial charge in [-0.25, -0.2) is 0 Å². The largest absolute Gasteiger partial charge is 0.437 e. The van der Waals surface area contributed by atoms with Crippen LogP contribution in [0.4, 0.5) is 0 Å². The Balaban J connectivity index is 1.96. The standard InChI is InChI=1S/C16H17N3OS/c1-17-11-14-16(18-15-5-3-4-10-19(14)15)20-12-6-8-13(21-2)9-7-12/h3-10,17H,11H2,1-2H3. The molecule has 0 saturated carbocycles. The molecule has 0 unspecified atom stereocenters. The molecule has 0 radical (unpaired) electrons. The van der Waals surface area contributed by atoms with E-state index < -0.39 is 0 Å². The van der Waals surface area contributed by atoms with E-state index in [1.165, 1.54) is 4.90 Å². The number of hydrogen-bond donors (Lipinski definition) is 1. The first-order valence-electron chi connectivity index (χ1n) is 6.74. The summed E-state index contributed by atoms with van der Waals surface area (Å²) in [6.07, 6.45) is 4.06. The zero-order valence-corrected chi connectivity index (χ0v) is 12.9. The third-order valence-electron chi connectivity index (χ3n) is 3.21. The lowest BCUT2D eigenvalue weighted by atomic mass is 10.3. The molecule has 108 valence electrons. The van der Waals surface area contributed by atoms with Gasteiger partial charge in [-0.05, 0) is 49.7 Å². The molecule has 0 spiro atoms. The Labute approximate surface area is 128 Å². The van der Waals surface area contributed by atoms with E-state index in [1.807, 2.05) is 60.1 Å². The molecule has 3 rings (SSSR count). The van der Waals surface area contributed by atoms with Gasteiger partial charge in [-0.1, -0.05) is 6.07 Å². The summed E-state index contributed by atoms with van der Waals surface area (Å²) < 4.78 is 8.01. The third kappa shape index (κ3) is 2.89. The molecule has 5 heteroatoms. The van der Waals surface area contributed by atoms with Crippen molar-refractivity contribution in [3.05, 3.63) is 54.4 Å². The van der Waals surface area contributed by atoms with Crippen LogP contribution in [-0.2, 0) is 6.54 Å². The molecule has 1 N–H and O–H groups in total. The molecule has 0 fully saturated rings. The number of nitrogens with zero attached hydrogens (tertiary/aromatic N) is 2. The zero-order chi connectivity index (χ0) is 14.7. The minimum atomic E-state index is 0.646. The quantitative estimate of drug-likeness (QED) is 0.731. The molecule has 0 aliphatic heterocycles. The van der Waals surface area contributed by atoms with E-state index in [0.29, 0.717) is 12.4 Å². The van der Waals surface area contributed by atoms with E-state index in [0.717, 1.165) is 17.1 Å². The van der Waals surface area contributed by atoms with E-state index in [-0.39, 0.29) is 0 Å². The molecule has 3 aromatic rings. The average Bonchev–Trinajstić information content (AvgIpc) is 2.86. The van der Waals surface area contributed by atoms with Gasteiger partial charge in [0.15, 0.2) is 0 Å². The molecule has 0 aliphatic carbocycles. The lowest BCUT2D eigenvalue weighted by molar-refractivity contribution is 0.456. The predicted octanol–water partition coefficient (Wildman–Crippen LogP) is 3.57. The number of hydrogen-bond acceptors (Lipinski definition) is 4. The fourth-order valence-electron chi connectivity index (χ4n) is 2.19. The van der Waals surface area contributed by atoms with Crippen LogP contribution < -0.4 is 10.1 Å². The van der Waals surface area contributed by atoms with Crippen molar-refractivity contribution in [1.29, 1.82) is 0 Å². The highest BCUT2D eigenvalue weighted by molar-refractivity contribution is 7.98. The van der Waals surface area contributed by atoms with Gasteiger partial charge >= 0.3 is 0 Å². The number of nitrogens with one attached hydrogen (secondary N) is 1. The fraction of sp³-hybridized carbons (Fsp3) is 0.188. The van der Waals surface area contributed by atoms with Gasteiger partial charge in [0.2, 0.25) is 5.88 Å². The third-order valence-corrected chi connectivity index (χ3v) is 3.95. The summed E-state index contributed by atoms with van der Waals surface area (Å²) in [5.74, 6) is 1.45. The summed E-state index contributed by atoms with van der Waals surface area (Å²) >= 11 is 1.71. The number of rotatable bonds is 5. The Morgan fingerprint density at radius 3 is 2.71 bits per heavy atom. The lowest BCUT2D eigenvalue weighted by Gasteiger charge is -2.06. The SMILES string of the molecule is CNCc1c(Oc2ccc(SC)cc2)nc2ccccn12. The van der Waals surface area contributed by atoms with Gasteiger partial charge in [-0.15, -0.1) is 11.8 Å². The van der Waals surface area contributed by atoms with Crippen molar-refractivity contribution in [2.24, 2.45) is 0 Å². The zero-order valence-electron chi connectivity index (χ0n) is 12.0. The van der Waals surface area contributed by atoms with Crippen molar-refractivity contribution in [2.75, 3.05) is 13.3 Å². The van der Waals surface area contributed by atoms with Crippen molar-refractivity contribution >= 4 is 17.4 Å². The molecule has 1 aromatic carbocycles. The number of imidazole rings is 1. The van der Waals surface area contributed by atoms with Crippen LogP contribution >= 0.6 is 11.8 Å². The van der Waals surface area contributed by atoms with Crippen LogP contribution in [0.25, 0.3) is 5.65 Å². The first-order chi connectivity index (χ1) is 10.3. The minimum Gasteiger partial charge on any atom is -0.437 e. The molecule has 21 heavy (non-hydrogen) atoms. The van der Waals surface area contributed by atoms with Crippen LogP contribution in [-0.4, -0.2) is 22.7 Å². The fourth-order valence-corrected chi connectivity index (χ4v) is 2.60. The Bertz CT molecular complexity index is 737. The molecule has 0 amide bonds. The van der Waals surface area contributed by atoms with Gasteiger partial charge in [-0.3, -0.25) is 4.40 Å². The van der Waals surface area contributed by atoms with Gasteiger partial charge in [0.25, 0.3) is 0 Å². The first-order valence-corrected chi connectivity index (χ1v) is 7.97. The number of benzene rings is 1. The topological polar surface area (TPSA) is 38.6 Å². The summed E-state index contributed by atoms with van der Waals surface area (Å²) in [4.78, 5) is 5.78. The van der Waals surface area contributed by atoms with Crippen LogP contribution in [0.15, 0.2) is 53.6 Å². The van der Waals surface area contributed by atoms with E-state index in [1.54, 1.807) is 11.8 Å². The Kier molecular flexibility index (Phi) is 4.13. The number of thioether (sulfide) groups is 1. The second kappa shape index (κ2) is 6.20. The summed E-state index contributed by atoms with van der Waals surface area (Å²) in [6.45, 7) is 0.698. The molecule has 0 bridgehead atoms. The Morgan fingerprint density at radius 1 is 1.19 bits per heavy atom.